The van der Waals surface area contributed by atoms with Gasteiger partial charge in [0.1, 0.15) is 11.5 Å². The SMILES string of the molecule is CCOc1ccc2c(c1)CCc1c3c(c4c(c1-2)-c1ccc(OC)cc1CC4)C(=O)N(c1ccccc1)C3=O. The maximum atomic E-state index is 14.0. The van der Waals surface area contributed by atoms with Crippen LogP contribution in [0.4, 0.5) is 5.69 Å². The summed E-state index contributed by atoms with van der Waals surface area (Å²) >= 11 is 0. The molecule has 0 spiro atoms. The number of imide groups is 1. The number of carbonyl (C=O) groups is 2. The molecule has 0 fully saturated rings. The number of nitrogens with zero attached hydrogens (tertiary/aromatic N) is 1. The summed E-state index contributed by atoms with van der Waals surface area (Å²) in [7, 11) is 1.68. The number of para-hydroxylation sites is 1. The molecule has 188 valence electrons. The van der Waals surface area contributed by atoms with Gasteiger partial charge in [-0.15, -0.1) is 0 Å². The van der Waals surface area contributed by atoms with E-state index in [1.54, 1.807) is 7.11 Å². The fourth-order valence-corrected chi connectivity index (χ4v) is 6.49. The highest BCUT2D eigenvalue weighted by molar-refractivity contribution is 6.36. The van der Waals surface area contributed by atoms with E-state index < -0.39 is 0 Å². The molecule has 2 aliphatic carbocycles. The molecule has 1 aliphatic heterocycles. The van der Waals surface area contributed by atoms with Crippen LogP contribution in [0.5, 0.6) is 11.5 Å². The molecule has 0 unspecified atom stereocenters. The number of carbonyl (C=O) groups excluding carboxylic acids is 2. The predicted octanol–water partition coefficient (Wildman–Crippen LogP) is 6.43. The number of ether oxygens (including phenoxy) is 2. The van der Waals surface area contributed by atoms with Gasteiger partial charge in [0.25, 0.3) is 11.8 Å². The van der Waals surface area contributed by atoms with Crippen LogP contribution in [0.1, 0.15) is 49.9 Å². The summed E-state index contributed by atoms with van der Waals surface area (Å²) in [6.45, 7) is 2.60. The van der Waals surface area contributed by atoms with Crippen molar-refractivity contribution in [1.82, 2.24) is 0 Å². The smallest absolute Gasteiger partial charge is 0.266 e. The molecule has 2 amide bonds. The summed E-state index contributed by atoms with van der Waals surface area (Å²) in [6.07, 6.45) is 2.96. The first-order valence-corrected chi connectivity index (χ1v) is 13.2. The van der Waals surface area contributed by atoms with Crippen molar-refractivity contribution in [3.05, 3.63) is 100 Å². The van der Waals surface area contributed by atoms with E-state index in [0.717, 1.165) is 57.7 Å². The van der Waals surface area contributed by atoms with Gasteiger partial charge in [0, 0.05) is 0 Å². The molecule has 0 atom stereocenters. The Morgan fingerprint density at radius 1 is 0.684 bits per heavy atom. The highest BCUT2D eigenvalue weighted by Crippen LogP contribution is 2.51. The molecule has 0 saturated heterocycles. The largest absolute Gasteiger partial charge is 0.497 e. The lowest BCUT2D eigenvalue weighted by molar-refractivity contribution is 0.0925. The third kappa shape index (κ3) is 3.18. The van der Waals surface area contributed by atoms with E-state index in [0.29, 0.717) is 36.3 Å². The van der Waals surface area contributed by atoms with Crippen LogP contribution >= 0.6 is 0 Å². The minimum atomic E-state index is -0.218. The van der Waals surface area contributed by atoms with Crippen LogP contribution < -0.4 is 14.4 Å². The lowest BCUT2D eigenvalue weighted by Crippen LogP contribution is -2.29. The lowest BCUT2D eigenvalue weighted by atomic mass is 9.72. The van der Waals surface area contributed by atoms with Crippen molar-refractivity contribution >= 4 is 17.5 Å². The monoisotopic (exact) mass is 501 g/mol. The average molecular weight is 502 g/mol. The molecule has 3 aliphatic rings. The third-order valence-corrected chi connectivity index (χ3v) is 8.08. The Labute approximate surface area is 221 Å². The standard InChI is InChI=1S/C33H27NO4/c1-3-38-23-12-16-25-20(18-23)10-14-27-29(25)28-24-15-11-22(37-2)17-19(24)9-13-26(28)30-31(27)33(36)34(32(30)35)21-7-5-4-6-8-21/h4-8,11-12,15-18H,3,9-10,13-14H2,1-2H3. The zero-order chi connectivity index (χ0) is 26.0. The van der Waals surface area contributed by atoms with Crippen LogP contribution in [0.25, 0.3) is 22.3 Å². The van der Waals surface area contributed by atoms with E-state index in [9.17, 15) is 9.59 Å². The van der Waals surface area contributed by atoms with E-state index >= 15 is 0 Å². The summed E-state index contributed by atoms with van der Waals surface area (Å²) in [5, 5.41) is 0. The Morgan fingerprint density at radius 2 is 1.24 bits per heavy atom. The molecule has 5 heteroatoms. The van der Waals surface area contributed by atoms with Crippen molar-refractivity contribution in [3.8, 4) is 33.8 Å². The zero-order valence-corrected chi connectivity index (χ0v) is 21.5. The van der Waals surface area contributed by atoms with E-state index in [4.69, 9.17) is 9.47 Å². The fraction of sp³-hybridized carbons (Fsp3) is 0.212. The van der Waals surface area contributed by atoms with Gasteiger partial charge < -0.3 is 9.47 Å². The molecule has 4 aromatic rings. The number of fused-ring (bicyclic) bond motifs is 10. The predicted molar refractivity (Wildman–Crippen MR) is 147 cm³/mol. The minimum absolute atomic E-state index is 0.217. The van der Waals surface area contributed by atoms with Crippen molar-refractivity contribution in [1.29, 1.82) is 0 Å². The van der Waals surface area contributed by atoms with Crippen molar-refractivity contribution in [2.45, 2.75) is 32.6 Å². The molecule has 0 radical (unpaired) electrons. The van der Waals surface area contributed by atoms with Crippen LogP contribution in [0, 0.1) is 0 Å². The van der Waals surface area contributed by atoms with Crippen molar-refractivity contribution in [2.75, 3.05) is 18.6 Å². The van der Waals surface area contributed by atoms with Crippen LogP contribution in [0.2, 0.25) is 0 Å². The number of benzene rings is 4. The van der Waals surface area contributed by atoms with Crippen molar-refractivity contribution in [2.24, 2.45) is 0 Å². The molecule has 5 nitrogen and oxygen atoms in total. The highest BCUT2D eigenvalue weighted by Gasteiger charge is 2.44. The number of hydrogen-bond acceptors (Lipinski definition) is 4. The number of hydrogen-bond donors (Lipinski definition) is 0. The topological polar surface area (TPSA) is 55.8 Å². The van der Waals surface area contributed by atoms with Crippen LogP contribution in [-0.4, -0.2) is 25.5 Å². The number of methoxy groups -OCH3 is 1. The first-order valence-electron chi connectivity index (χ1n) is 13.2. The van der Waals surface area contributed by atoms with Crippen LogP contribution in [0.3, 0.4) is 0 Å². The molecule has 1 heterocycles. The Kier molecular flexibility index (Phi) is 5.15. The molecule has 4 aromatic carbocycles. The molecule has 0 bridgehead atoms. The van der Waals surface area contributed by atoms with Gasteiger partial charge in [-0.1, -0.05) is 30.3 Å². The van der Waals surface area contributed by atoms with Crippen LogP contribution in [-0.2, 0) is 25.7 Å². The molecule has 0 saturated carbocycles. The van der Waals surface area contributed by atoms with Gasteiger partial charge in [0.15, 0.2) is 0 Å². The fourth-order valence-electron chi connectivity index (χ4n) is 6.49. The molecular formula is C33H27NO4. The van der Waals surface area contributed by atoms with Gasteiger partial charge in [-0.3, -0.25) is 9.59 Å². The molecule has 0 N–H and O–H groups in total. The first kappa shape index (κ1) is 22.8. The van der Waals surface area contributed by atoms with Crippen molar-refractivity contribution < 1.29 is 19.1 Å². The number of anilines is 1. The minimum Gasteiger partial charge on any atom is -0.497 e. The number of aryl methyl sites for hydroxylation is 2. The summed E-state index contributed by atoms with van der Waals surface area (Å²) in [5.74, 6) is 1.25. The Hall–Kier alpha value is -4.38. The summed E-state index contributed by atoms with van der Waals surface area (Å²) in [4.78, 5) is 29.4. The van der Waals surface area contributed by atoms with Gasteiger partial charge in [0.05, 0.1) is 30.5 Å². The normalized spacial score (nSPS) is 14.8. The number of rotatable bonds is 4. The summed E-state index contributed by atoms with van der Waals surface area (Å²) in [5.41, 5.74) is 10.6. The lowest BCUT2D eigenvalue weighted by Gasteiger charge is -2.31. The van der Waals surface area contributed by atoms with Crippen molar-refractivity contribution in [3.63, 3.8) is 0 Å². The first-order chi connectivity index (χ1) is 18.6. The quantitative estimate of drug-likeness (QED) is 0.303. The second-order valence-corrected chi connectivity index (χ2v) is 10.0. The maximum Gasteiger partial charge on any atom is 0.266 e. The number of amides is 2. The summed E-state index contributed by atoms with van der Waals surface area (Å²) < 4.78 is 11.3. The maximum absolute atomic E-state index is 14.0. The van der Waals surface area contributed by atoms with Gasteiger partial charge in [0.2, 0.25) is 0 Å². The van der Waals surface area contributed by atoms with Gasteiger partial charge in [-0.2, -0.15) is 0 Å². The van der Waals surface area contributed by atoms with E-state index in [1.165, 1.54) is 16.0 Å². The molecule has 38 heavy (non-hydrogen) atoms. The van der Waals surface area contributed by atoms with Gasteiger partial charge >= 0.3 is 0 Å². The molecular weight excluding hydrogens is 474 g/mol. The Morgan fingerprint density at radius 3 is 1.79 bits per heavy atom. The second kappa shape index (κ2) is 8.59. The molecule has 0 aromatic heterocycles. The zero-order valence-electron chi connectivity index (χ0n) is 21.5. The van der Waals surface area contributed by atoms with Gasteiger partial charge in [-0.25, -0.2) is 4.90 Å². The second-order valence-electron chi connectivity index (χ2n) is 10.0. The van der Waals surface area contributed by atoms with Crippen LogP contribution in [0.15, 0.2) is 66.7 Å². The highest BCUT2D eigenvalue weighted by atomic mass is 16.5. The third-order valence-electron chi connectivity index (χ3n) is 8.08. The Balaban J connectivity index is 1.54. The summed E-state index contributed by atoms with van der Waals surface area (Å²) in [6, 6.07) is 21.7. The van der Waals surface area contributed by atoms with Gasteiger partial charge in [-0.05, 0) is 114 Å². The Bertz CT molecular complexity index is 1650. The van der Waals surface area contributed by atoms with E-state index in [2.05, 4.69) is 24.3 Å². The van der Waals surface area contributed by atoms with E-state index in [1.807, 2.05) is 49.4 Å². The molecule has 7 rings (SSSR count). The average Bonchev–Trinajstić information content (AvgIpc) is 3.22. The van der Waals surface area contributed by atoms with E-state index in [-0.39, 0.29) is 11.8 Å².